The van der Waals surface area contributed by atoms with E-state index in [2.05, 4.69) is 20.5 Å². The summed E-state index contributed by atoms with van der Waals surface area (Å²) in [6, 6.07) is 5.88. The molecule has 0 bridgehead atoms. The highest BCUT2D eigenvalue weighted by molar-refractivity contribution is 5.49. The second-order valence-corrected chi connectivity index (χ2v) is 5.49. The molecule has 7 nitrogen and oxygen atoms in total. The van der Waals surface area contributed by atoms with Crippen LogP contribution in [-0.4, -0.2) is 59.3 Å². The Hall–Kier alpha value is -2.12. The van der Waals surface area contributed by atoms with Gasteiger partial charge in [-0.3, -0.25) is 4.90 Å². The molecule has 1 aromatic carbocycles. The second kappa shape index (κ2) is 5.94. The smallest absolute Gasteiger partial charge is 0.163 e. The van der Waals surface area contributed by atoms with E-state index in [1.807, 2.05) is 29.1 Å². The molecule has 1 aromatic heterocycles. The van der Waals surface area contributed by atoms with Crippen LogP contribution in [0.15, 0.2) is 24.4 Å². The van der Waals surface area contributed by atoms with Crippen LogP contribution < -0.4 is 14.8 Å². The normalized spacial score (nSPS) is 18.4. The molecule has 0 amide bonds. The van der Waals surface area contributed by atoms with Crippen LogP contribution in [0.25, 0.3) is 5.69 Å². The molecule has 1 N–H and O–H groups in total. The van der Waals surface area contributed by atoms with Crippen molar-refractivity contribution < 1.29 is 9.47 Å². The fourth-order valence-electron chi connectivity index (χ4n) is 2.84. The fourth-order valence-corrected chi connectivity index (χ4v) is 2.84. The molecule has 116 valence electrons. The minimum Gasteiger partial charge on any atom is -0.486 e. The molecule has 1 saturated heterocycles. The number of hydrogen-bond acceptors (Lipinski definition) is 6. The van der Waals surface area contributed by atoms with E-state index in [1.54, 1.807) is 0 Å². The molecule has 0 aliphatic carbocycles. The molecule has 0 saturated carbocycles. The average Bonchev–Trinajstić information content (AvgIpc) is 3.03. The summed E-state index contributed by atoms with van der Waals surface area (Å²) in [5.41, 5.74) is 2.03. The Morgan fingerprint density at radius 2 is 1.91 bits per heavy atom. The van der Waals surface area contributed by atoms with Gasteiger partial charge in [0.2, 0.25) is 0 Å². The van der Waals surface area contributed by atoms with Crippen molar-refractivity contribution in [3.05, 3.63) is 30.1 Å². The minimum absolute atomic E-state index is 0.585. The fraction of sp³-hybridized carbons (Fsp3) is 0.467. The van der Waals surface area contributed by atoms with E-state index >= 15 is 0 Å². The lowest BCUT2D eigenvalue weighted by molar-refractivity contribution is 0.171. The maximum absolute atomic E-state index is 5.65. The van der Waals surface area contributed by atoms with Crippen LogP contribution in [-0.2, 0) is 6.54 Å². The summed E-state index contributed by atoms with van der Waals surface area (Å²) in [5.74, 6) is 1.56. The number of piperazine rings is 1. The number of fused-ring (bicyclic) bond motifs is 1. The second-order valence-electron chi connectivity index (χ2n) is 5.49. The van der Waals surface area contributed by atoms with E-state index in [9.17, 15) is 0 Å². The quantitative estimate of drug-likeness (QED) is 0.888. The standard InChI is InChI=1S/C15H19N5O2/c1-2-14-15(22-8-7-21-14)9-12(1)20-13(10-17-18-20)11-19-5-3-16-4-6-19/h1-2,9-10,16H,3-8,11H2. The molecular formula is C15H19N5O2. The van der Waals surface area contributed by atoms with Gasteiger partial charge in [0.15, 0.2) is 11.5 Å². The van der Waals surface area contributed by atoms with Crippen molar-refractivity contribution in [1.29, 1.82) is 0 Å². The lowest BCUT2D eigenvalue weighted by Crippen LogP contribution is -2.43. The van der Waals surface area contributed by atoms with Crippen LogP contribution in [0, 0.1) is 0 Å². The van der Waals surface area contributed by atoms with Gasteiger partial charge in [-0.05, 0) is 12.1 Å². The van der Waals surface area contributed by atoms with Crippen molar-refractivity contribution in [2.75, 3.05) is 39.4 Å². The number of benzene rings is 1. The molecule has 2 aromatic rings. The molecular weight excluding hydrogens is 282 g/mol. The lowest BCUT2D eigenvalue weighted by Gasteiger charge is -2.27. The first-order chi connectivity index (χ1) is 10.9. The highest BCUT2D eigenvalue weighted by Crippen LogP contribution is 2.32. The lowest BCUT2D eigenvalue weighted by atomic mass is 10.2. The molecule has 3 heterocycles. The van der Waals surface area contributed by atoms with E-state index in [4.69, 9.17) is 9.47 Å². The van der Waals surface area contributed by atoms with Gasteiger partial charge in [-0.15, -0.1) is 5.10 Å². The third-order valence-electron chi connectivity index (χ3n) is 3.99. The largest absolute Gasteiger partial charge is 0.486 e. The Morgan fingerprint density at radius 1 is 1.09 bits per heavy atom. The Balaban J connectivity index is 1.59. The van der Waals surface area contributed by atoms with Crippen LogP contribution in [0.1, 0.15) is 5.69 Å². The van der Waals surface area contributed by atoms with E-state index in [-0.39, 0.29) is 0 Å². The maximum Gasteiger partial charge on any atom is 0.163 e. The van der Waals surface area contributed by atoms with Gasteiger partial charge in [0.1, 0.15) is 13.2 Å². The number of rotatable bonds is 3. The summed E-state index contributed by atoms with van der Waals surface area (Å²) in [4.78, 5) is 2.41. The topological polar surface area (TPSA) is 64.4 Å². The van der Waals surface area contributed by atoms with Crippen LogP contribution in [0.3, 0.4) is 0 Å². The monoisotopic (exact) mass is 301 g/mol. The summed E-state index contributed by atoms with van der Waals surface area (Å²) in [6.45, 7) is 6.20. The van der Waals surface area contributed by atoms with Crippen molar-refractivity contribution >= 4 is 0 Å². The molecule has 2 aliphatic heterocycles. The van der Waals surface area contributed by atoms with Gasteiger partial charge in [-0.2, -0.15) is 0 Å². The zero-order chi connectivity index (χ0) is 14.8. The van der Waals surface area contributed by atoms with E-state index < -0.39 is 0 Å². The van der Waals surface area contributed by atoms with Crippen molar-refractivity contribution in [2.24, 2.45) is 0 Å². The number of nitrogens with one attached hydrogen (secondary N) is 1. The summed E-state index contributed by atoms with van der Waals surface area (Å²) in [6.07, 6.45) is 1.83. The van der Waals surface area contributed by atoms with Gasteiger partial charge in [-0.1, -0.05) is 5.21 Å². The SMILES string of the molecule is c1cc2c(cc1-n1nncc1CN1CCNCC1)OCCO2. The van der Waals surface area contributed by atoms with Gasteiger partial charge < -0.3 is 14.8 Å². The summed E-state index contributed by atoms with van der Waals surface area (Å²) in [5, 5.41) is 11.7. The Morgan fingerprint density at radius 3 is 2.77 bits per heavy atom. The van der Waals surface area contributed by atoms with Crippen LogP contribution >= 0.6 is 0 Å². The summed E-state index contributed by atoms with van der Waals surface area (Å²) < 4.78 is 13.1. The number of ether oxygens (including phenoxy) is 2. The first-order valence-corrected chi connectivity index (χ1v) is 7.63. The molecule has 1 fully saturated rings. The first kappa shape index (κ1) is 13.5. The van der Waals surface area contributed by atoms with Crippen LogP contribution in [0.2, 0.25) is 0 Å². The molecule has 2 aliphatic rings. The van der Waals surface area contributed by atoms with Gasteiger partial charge >= 0.3 is 0 Å². The molecule has 4 rings (SSSR count). The van der Waals surface area contributed by atoms with Gasteiger partial charge in [-0.25, -0.2) is 4.68 Å². The third-order valence-corrected chi connectivity index (χ3v) is 3.99. The summed E-state index contributed by atoms with van der Waals surface area (Å²) in [7, 11) is 0. The van der Waals surface area contributed by atoms with Crippen molar-refractivity contribution in [3.8, 4) is 17.2 Å². The molecule has 0 radical (unpaired) electrons. The molecule has 0 atom stereocenters. The predicted molar refractivity (Wildman–Crippen MR) is 80.5 cm³/mol. The number of hydrogen-bond donors (Lipinski definition) is 1. The van der Waals surface area contributed by atoms with Crippen LogP contribution in [0.5, 0.6) is 11.5 Å². The minimum atomic E-state index is 0.585. The molecule has 7 heteroatoms. The average molecular weight is 301 g/mol. The number of aromatic nitrogens is 3. The first-order valence-electron chi connectivity index (χ1n) is 7.63. The molecule has 22 heavy (non-hydrogen) atoms. The Labute approximate surface area is 128 Å². The number of nitrogens with zero attached hydrogens (tertiary/aromatic N) is 4. The van der Waals surface area contributed by atoms with Crippen molar-refractivity contribution in [3.63, 3.8) is 0 Å². The molecule has 0 unspecified atom stereocenters. The highest BCUT2D eigenvalue weighted by atomic mass is 16.6. The molecule has 0 spiro atoms. The van der Waals surface area contributed by atoms with Gasteiger partial charge in [0.25, 0.3) is 0 Å². The van der Waals surface area contributed by atoms with Gasteiger partial charge in [0.05, 0.1) is 17.6 Å². The van der Waals surface area contributed by atoms with E-state index in [0.717, 1.165) is 55.6 Å². The van der Waals surface area contributed by atoms with Crippen LogP contribution in [0.4, 0.5) is 0 Å². The van der Waals surface area contributed by atoms with Crippen molar-refractivity contribution in [2.45, 2.75) is 6.54 Å². The van der Waals surface area contributed by atoms with Crippen molar-refractivity contribution in [1.82, 2.24) is 25.2 Å². The highest BCUT2D eigenvalue weighted by Gasteiger charge is 2.16. The van der Waals surface area contributed by atoms with E-state index in [0.29, 0.717) is 13.2 Å². The zero-order valence-corrected chi connectivity index (χ0v) is 12.4. The van der Waals surface area contributed by atoms with Gasteiger partial charge in [0, 0.05) is 38.8 Å². The summed E-state index contributed by atoms with van der Waals surface area (Å²) >= 11 is 0. The zero-order valence-electron chi connectivity index (χ0n) is 12.4. The predicted octanol–water partition coefficient (Wildman–Crippen LogP) is 0.444. The Kier molecular flexibility index (Phi) is 3.65. The maximum atomic E-state index is 5.65. The Bertz CT molecular complexity index is 651. The third kappa shape index (κ3) is 2.65. The van der Waals surface area contributed by atoms with E-state index in [1.165, 1.54) is 0 Å².